The molecular weight excluding hydrogens is 330 g/mol. The van der Waals surface area contributed by atoms with Gasteiger partial charge in [0, 0.05) is 35.7 Å². The van der Waals surface area contributed by atoms with E-state index in [0.29, 0.717) is 5.56 Å². The van der Waals surface area contributed by atoms with Gasteiger partial charge in [0.1, 0.15) is 0 Å². The van der Waals surface area contributed by atoms with Gasteiger partial charge < -0.3 is 20.3 Å². The monoisotopic (exact) mass is 353 g/mol. The number of carbonyl (C=O) groups excluding carboxylic acids is 2. The predicted molar refractivity (Wildman–Crippen MR) is 103 cm³/mol. The third-order valence-corrected chi connectivity index (χ3v) is 4.27. The van der Waals surface area contributed by atoms with Crippen molar-refractivity contribution in [1.82, 2.24) is 0 Å². The molecule has 0 atom stereocenters. The van der Waals surface area contributed by atoms with E-state index >= 15 is 0 Å². The van der Waals surface area contributed by atoms with Gasteiger partial charge in [0.15, 0.2) is 5.78 Å². The molecule has 0 aliphatic carbocycles. The van der Waals surface area contributed by atoms with Gasteiger partial charge in [-0.05, 0) is 55.5 Å². The number of benzene rings is 2. The van der Waals surface area contributed by atoms with Gasteiger partial charge in [0.25, 0.3) is 0 Å². The second kappa shape index (κ2) is 8.49. The number of hydrogen-bond acceptors (Lipinski definition) is 5. The van der Waals surface area contributed by atoms with Gasteiger partial charge in [-0.3, -0.25) is 9.59 Å². The normalized spacial score (nSPS) is 14.0. The summed E-state index contributed by atoms with van der Waals surface area (Å²) in [5.41, 5.74) is 3.35. The Balaban J connectivity index is 1.49. The third-order valence-electron chi connectivity index (χ3n) is 4.27. The molecule has 0 saturated carbocycles. The quantitative estimate of drug-likeness (QED) is 0.782. The first-order valence-corrected chi connectivity index (χ1v) is 8.69. The predicted octanol–water partition coefficient (Wildman–Crippen LogP) is 2.78. The summed E-state index contributed by atoms with van der Waals surface area (Å²) >= 11 is 0. The van der Waals surface area contributed by atoms with E-state index in [1.165, 1.54) is 6.92 Å². The highest BCUT2D eigenvalue weighted by Crippen LogP contribution is 2.19. The fourth-order valence-electron chi connectivity index (χ4n) is 2.79. The molecular formula is C20H23N3O3. The Morgan fingerprint density at radius 3 is 2.19 bits per heavy atom. The van der Waals surface area contributed by atoms with Crippen LogP contribution in [0.1, 0.15) is 17.3 Å². The van der Waals surface area contributed by atoms with E-state index in [0.717, 1.165) is 43.4 Å². The van der Waals surface area contributed by atoms with E-state index in [4.69, 9.17) is 4.74 Å². The largest absolute Gasteiger partial charge is 0.378 e. The van der Waals surface area contributed by atoms with Crippen LogP contribution < -0.4 is 15.5 Å². The number of nitrogens with zero attached hydrogens (tertiary/aromatic N) is 1. The van der Waals surface area contributed by atoms with E-state index < -0.39 is 0 Å². The van der Waals surface area contributed by atoms with Gasteiger partial charge in [-0.15, -0.1) is 0 Å². The number of morpholine rings is 1. The van der Waals surface area contributed by atoms with Crippen LogP contribution in [-0.2, 0) is 9.53 Å². The highest BCUT2D eigenvalue weighted by Gasteiger charge is 2.11. The fourth-order valence-corrected chi connectivity index (χ4v) is 2.79. The topological polar surface area (TPSA) is 70.7 Å². The Morgan fingerprint density at radius 1 is 0.962 bits per heavy atom. The summed E-state index contributed by atoms with van der Waals surface area (Å²) in [5, 5.41) is 5.92. The van der Waals surface area contributed by atoms with Crippen molar-refractivity contribution in [2.24, 2.45) is 0 Å². The Morgan fingerprint density at radius 2 is 1.58 bits per heavy atom. The molecule has 1 aliphatic heterocycles. The summed E-state index contributed by atoms with van der Waals surface area (Å²) < 4.78 is 5.36. The summed E-state index contributed by atoms with van der Waals surface area (Å²) in [4.78, 5) is 25.6. The minimum absolute atomic E-state index is 0.0230. The lowest BCUT2D eigenvalue weighted by molar-refractivity contribution is -0.114. The molecule has 2 aromatic carbocycles. The summed E-state index contributed by atoms with van der Waals surface area (Å²) in [6.45, 7) is 4.95. The van der Waals surface area contributed by atoms with Gasteiger partial charge in [-0.2, -0.15) is 0 Å². The summed E-state index contributed by atoms with van der Waals surface area (Å²) in [5.74, 6) is -0.102. The highest BCUT2D eigenvalue weighted by atomic mass is 16.5. The molecule has 2 N–H and O–H groups in total. The lowest BCUT2D eigenvalue weighted by Crippen LogP contribution is -2.36. The average Bonchev–Trinajstić information content (AvgIpc) is 2.68. The Kier molecular flexibility index (Phi) is 5.86. The molecule has 26 heavy (non-hydrogen) atoms. The van der Waals surface area contributed by atoms with Crippen LogP contribution in [0, 0.1) is 0 Å². The number of ether oxygens (including phenoxy) is 1. The molecule has 1 fully saturated rings. The van der Waals surface area contributed by atoms with E-state index in [1.54, 1.807) is 24.3 Å². The number of nitrogens with one attached hydrogen (secondary N) is 2. The molecule has 1 heterocycles. The van der Waals surface area contributed by atoms with Crippen LogP contribution in [0.25, 0.3) is 0 Å². The first-order valence-electron chi connectivity index (χ1n) is 8.69. The molecule has 6 nitrogen and oxygen atoms in total. The Hall–Kier alpha value is -2.86. The number of amides is 1. The Bertz CT molecular complexity index is 751. The molecule has 2 aromatic rings. The van der Waals surface area contributed by atoms with Crippen molar-refractivity contribution in [2.45, 2.75) is 6.92 Å². The second-order valence-corrected chi connectivity index (χ2v) is 6.18. The summed E-state index contributed by atoms with van der Waals surface area (Å²) in [6, 6.07) is 14.9. The van der Waals surface area contributed by atoms with Crippen molar-refractivity contribution >= 4 is 28.8 Å². The second-order valence-electron chi connectivity index (χ2n) is 6.18. The number of carbonyl (C=O) groups is 2. The third kappa shape index (κ3) is 4.83. The van der Waals surface area contributed by atoms with Crippen molar-refractivity contribution in [3.05, 3.63) is 54.1 Å². The molecule has 0 unspecified atom stereocenters. The average molecular weight is 353 g/mol. The zero-order valence-corrected chi connectivity index (χ0v) is 14.8. The van der Waals surface area contributed by atoms with Crippen molar-refractivity contribution < 1.29 is 14.3 Å². The van der Waals surface area contributed by atoms with Crippen LogP contribution in [0.15, 0.2) is 48.5 Å². The molecule has 0 bridgehead atoms. The molecule has 1 saturated heterocycles. The Labute approximate surface area is 153 Å². The van der Waals surface area contributed by atoms with Gasteiger partial charge in [0.05, 0.1) is 19.8 Å². The maximum atomic E-state index is 12.1. The lowest BCUT2D eigenvalue weighted by Gasteiger charge is -2.28. The first kappa shape index (κ1) is 17.9. The van der Waals surface area contributed by atoms with Crippen LogP contribution in [0.5, 0.6) is 0 Å². The molecule has 136 valence electrons. The molecule has 0 spiro atoms. The standard InChI is InChI=1S/C20H23N3O3/c1-15(24)16-2-4-17(5-3-16)21-14-20(25)22-18-6-8-19(9-7-18)23-10-12-26-13-11-23/h2-9,21H,10-14H2,1H3,(H,22,25). The van der Waals surface area contributed by atoms with Crippen LogP contribution in [0.2, 0.25) is 0 Å². The van der Waals surface area contributed by atoms with Crippen molar-refractivity contribution in [2.75, 3.05) is 48.4 Å². The van der Waals surface area contributed by atoms with Crippen molar-refractivity contribution in [1.29, 1.82) is 0 Å². The summed E-state index contributed by atoms with van der Waals surface area (Å²) in [6.07, 6.45) is 0. The number of anilines is 3. The van der Waals surface area contributed by atoms with E-state index in [-0.39, 0.29) is 18.2 Å². The number of ketones is 1. The minimum atomic E-state index is -0.125. The van der Waals surface area contributed by atoms with E-state index in [1.807, 2.05) is 24.3 Å². The lowest BCUT2D eigenvalue weighted by atomic mass is 10.1. The first-order chi connectivity index (χ1) is 12.6. The van der Waals surface area contributed by atoms with E-state index in [9.17, 15) is 9.59 Å². The minimum Gasteiger partial charge on any atom is -0.378 e. The molecule has 6 heteroatoms. The number of rotatable bonds is 6. The van der Waals surface area contributed by atoms with Crippen molar-refractivity contribution in [3.8, 4) is 0 Å². The van der Waals surface area contributed by atoms with Crippen LogP contribution in [0.3, 0.4) is 0 Å². The maximum absolute atomic E-state index is 12.1. The SMILES string of the molecule is CC(=O)c1ccc(NCC(=O)Nc2ccc(N3CCOCC3)cc2)cc1. The molecule has 1 amide bonds. The van der Waals surface area contributed by atoms with Crippen LogP contribution in [-0.4, -0.2) is 44.5 Å². The smallest absolute Gasteiger partial charge is 0.243 e. The molecule has 3 rings (SSSR count). The molecule has 0 radical (unpaired) electrons. The van der Waals surface area contributed by atoms with Gasteiger partial charge in [0.2, 0.25) is 5.91 Å². The number of Topliss-reactive ketones (excluding diaryl/α,β-unsaturated/α-hetero) is 1. The van der Waals surface area contributed by atoms with Gasteiger partial charge in [-0.1, -0.05) is 0 Å². The zero-order chi connectivity index (χ0) is 18.4. The van der Waals surface area contributed by atoms with Gasteiger partial charge >= 0.3 is 0 Å². The van der Waals surface area contributed by atoms with Crippen molar-refractivity contribution in [3.63, 3.8) is 0 Å². The van der Waals surface area contributed by atoms with E-state index in [2.05, 4.69) is 15.5 Å². The summed E-state index contributed by atoms with van der Waals surface area (Å²) in [7, 11) is 0. The fraction of sp³-hybridized carbons (Fsp3) is 0.300. The maximum Gasteiger partial charge on any atom is 0.243 e. The zero-order valence-electron chi connectivity index (χ0n) is 14.8. The van der Waals surface area contributed by atoms with Crippen LogP contribution >= 0.6 is 0 Å². The highest BCUT2D eigenvalue weighted by molar-refractivity contribution is 5.95. The van der Waals surface area contributed by atoms with Crippen LogP contribution in [0.4, 0.5) is 17.1 Å². The molecule has 1 aliphatic rings. The molecule has 0 aromatic heterocycles. The number of hydrogen-bond donors (Lipinski definition) is 2. The van der Waals surface area contributed by atoms with Gasteiger partial charge in [-0.25, -0.2) is 0 Å².